The van der Waals surface area contributed by atoms with Crippen molar-refractivity contribution in [2.75, 3.05) is 23.7 Å². The number of nitrogen functional groups attached to an aromatic ring is 1. The van der Waals surface area contributed by atoms with Crippen molar-refractivity contribution in [3.8, 4) is 5.75 Å². The topological polar surface area (TPSA) is 143 Å². The van der Waals surface area contributed by atoms with E-state index >= 15 is 0 Å². The van der Waals surface area contributed by atoms with Gasteiger partial charge in [0.1, 0.15) is 17.8 Å². The summed E-state index contributed by atoms with van der Waals surface area (Å²) in [6.07, 6.45) is 1.44. The van der Waals surface area contributed by atoms with Crippen LogP contribution in [0.4, 0.5) is 17.3 Å². The van der Waals surface area contributed by atoms with Crippen LogP contribution in [-0.4, -0.2) is 28.9 Å². The van der Waals surface area contributed by atoms with Crippen LogP contribution in [0.1, 0.15) is 15.9 Å². The maximum atomic E-state index is 12.2. The quantitative estimate of drug-likeness (QED) is 0.354. The number of hydrogen-bond acceptors (Lipinski definition) is 8. The van der Waals surface area contributed by atoms with Crippen LogP contribution in [0.15, 0.2) is 60.9 Å². The number of carbonyl (C=O) groups is 2. The molecule has 3 rings (SSSR count). The molecule has 2 aromatic carbocycles. The van der Waals surface area contributed by atoms with E-state index in [1.165, 1.54) is 6.33 Å². The van der Waals surface area contributed by atoms with E-state index in [9.17, 15) is 9.59 Å². The van der Waals surface area contributed by atoms with E-state index in [0.29, 0.717) is 11.3 Å². The van der Waals surface area contributed by atoms with Gasteiger partial charge in [-0.1, -0.05) is 30.3 Å². The molecule has 10 heteroatoms. The summed E-state index contributed by atoms with van der Waals surface area (Å²) >= 11 is 0. The number of anilines is 3. The number of carbonyl (C=O) groups excluding carboxylic acids is 2. The van der Waals surface area contributed by atoms with Crippen LogP contribution in [-0.2, 0) is 11.2 Å². The fourth-order valence-corrected chi connectivity index (χ4v) is 2.48. The number of methoxy groups -OCH3 is 1. The molecule has 1 aromatic heterocycles. The summed E-state index contributed by atoms with van der Waals surface area (Å²) in [4.78, 5) is 32.3. The molecule has 2 amide bonds. The van der Waals surface area contributed by atoms with Gasteiger partial charge in [0.25, 0.3) is 5.91 Å². The van der Waals surface area contributed by atoms with Crippen molar-refractivity contribution < 1.29 is 14.3 Å². The first-order chi connectivity index (χ1) is 14.6. The fourth-order valence-electron chi connectivity index (χ4n) is 2.48. The number of aromatic nitrogens is 2. The maximum absolute atomic E-state index is 12.2. The summed E-state index contributed by atoms with van der Waals surface area (Å²) in [7, 11) is 1.55. The zero-order valence-corrected chi connectivity index (χ0v) is 16.2. The second-order valence-electron chi connectivity index (χ2n) is 6.13. The fraction of sp³-hybridized carbons (Fsp3) is 0.100. The molecule has 0 aliphatic heterocycles. The second-order valence-corrected chi connectivity index (χ2v) is 6.13. The zero-order valence-electron chi connectivity index (χ0n) is 16.2. The molecule has 0 saturated carbocycles. The van der Waals surface area contributed by atoms with E-state index in [1.807, 2.05) is 30.3 Å². The van der Waals surface area contributed by atoms with Gasteiger partial charge < -0.3 is 10.5 Å². The molecule has 10 nitrogen and oxygen atoms in total. The minimum absolute atomic E-state index is 0.118. The first kappa shape index (κ1) is 20.4. The molecule has 3 aromatic rings. The molecule has 0 aliphatic carbocycles. The molecule has 0 fully saturated rings. The number of hydrazine groups is 2. The number of ether oxygens (including phenoxy) is 1. The molecule has 0 bridgehead atoms. The Kier molecular flexibility index (Phi) is 6.62. The van der Waals surface area contributed by atoms with Crippen LogP contribution in [0.2, 0.25) is 0 Å². The van der Waals surface area contributed by atoms with E-state index in [2.05, 4.69) is 31.7 Å². The molecular formula is C20H21N7O3. The van der Waals surface area contributed by atoms with E-state index in [0.717, 1.165) is 5.56 Å². The van der Waals surface area contributed by atoms with Crippen LogP contribution in [0, 0.1) is 0 Å². The number of benzene rings is 2. The lowest BCUT2D eigenvalue weighted by molar-refractivity contribution is -0.119. The minimum Gasteiger partial charge on any atom is -0.497 e. The molecule has 0 atom stereocenters. The van der Waals surface area contributed by atoms with Crippen LogP contribution in [0.3, 0.4) is 0 Å². The first-order valence-corrected chi connectivity index (χ1v) is 8.96. The van der Waals surface area contributed by atoms with Gasteiger partial charge in [-0.05, 0) is 29.8 Å². The standard InChI is InChI=1S/C20H21N7O3/c1-30-15-9-7-14(8-10-15)20(29)27-26-19-17(21)18(22-12-23-19)25-24-16(28)11-13-5-3-2-4-6-13/h2-10,12H,11,21H2,1H3,(H,24,28)(H,27,29)(H2,22,23,25,26). The third kappa shape index (κ3) is 5.35. The van der Waals surface area contributed by atoms with Crippen molar-refractivity contribution in [2.24, 2.45) is 0 Å². The van der Waals surface area contributed by atoms with Gasteiger partial charge in [-0.25, -0.2) is 9.97 Å². The predicted molar refractivity (Wildman–Crippen MR) is 112 cm³/mol. The number of nitrogens with zero attached hydrogens (tertiary/aromatic N) is 2. The Morgan fingerprint density at radius 3 is 2.20 bits per heavy atom. The van der Waals surface area contributed by atoms with E-state index in [4.69, 9.17) is 10.5 Å². The second kappa shape index (κ2) is 9.73. The first-order valence-electron chi connectivity index (χ1n) is 8.96. The summed E-state index contributed by atoms with van der Waals surface area (Å²) in [6, 6.07) is 15.9. The number of rotatable bonds is 8. The number of nitrogens with two attached hydrogens (primary N) is 1. The van der Waals surface area contributed by atoms with Crippen molar-refractivity contribution in [2.45, 2.75) is 6.42 Å². The van der Waals surface area contributed by atoms with Gasteiger partial charge in [0.05, 0.1) is 13.5 Å². The molecule has 1 heterocycles. The average molecular weight is 407 g/mol. The number of hydrogen-bond donors (Lipinski definition) is 5. The Morgan fingerprint density at radius 2 is 1.57 bits per heavy atom. The van der Waals surface area contributed by atoms with Crippen LogP contribution >= 0.6 is 0 Å². The Balaban J connectivity index is 1.56. The summed E-state index contributed by atoms with van der Waals surface area (Å²) < 4.78 is 5.06. The van der Waals surface area contributed by atoms with Gasteiger partial charge in [0.15, 0.2) is 11.6 Å². The SMILES string of the molecule is COc1ccc(C(=O)NNc2ncnc(NNC(=O)Cc3ccccc3)c2N)cc1. The van der Waals surface area contributed by atoms with Gasteiger partial charge in [-0.15, -0.1) is 0 Å². The molecule has 0 aliphatic rings. The number of nitrogens with one attached hydrogen (secondary N) is 4. The van der Waals surface area contributed by atoms with Crippen molar-refractivity contribution in [1.82, 2.24) is 20.8 Å². The third-order valence-electron chi connectivity index (χ3n) is 4.06. The number of amides is 2. The highest BCUT2D eigenvalue weighted by Crippen LogP contribution is 2.21. The normalized spacial score (nSPS) is 10.0. The van der Waals surface area contributed by atoms with E-state index < -0.39 is 0 Å². The Labute approximate surface area is 172 Å². The van der Waals surface area contributed by atoms with Crippen molar-refractivity contribution in [1.29, 1.82) is 0 Å². The molecule has 0 saturated heterocycles. The predicted octanol–water partition coefficient (Wildman–Crippen LogP) is 1.51. The highest BCUT2D eigenvalue weighted by atomic mass is 16.5. The molecule has 154 valence electrons. The third-order valence-corrected chi connectivity index (χ3v) is 4.06. The van der Waals surface area contributed by atoms with Gasteiger partial charge >= 0.3 is 0 Å². The molecule has 6 N–H and O–H groups in total. The molecule has 0 radical (unpaired) electrons. The van der Waals surface area contributed by atoms with Crippen LogP contribution in [0.5, 0.6) is 5.75 Å². The van der Waals surface area contributed by atoms with Gasteiger partial charge in [-0.3, -0.25) is 31.3 Å². The lowest BCUT2D eigenvalue weighted by Gasteiger charge is -2.13. The summed E-state index contributed by atoms with van der Waals surface area (Å²) in [5.74, 6) is 0.353. The lowest BCUT2D eigenvalue weighted by atomic mass is 10.1. The summed E-state index contributed by atoms with van der Waals surface area (Å²) in [6.45, 7) is 0. The Hall–Kier alpha value is -4.34. The van der Waals surface area contributed by atoms with Gasteiger partial charge in [0, 0.05) is 5.56 Å². The highest BCUT2D eigenvalue weighted by molar-refractivity contribution is 5.95. The Bertz CT molecular complexity index is 1010. The largest absolute Gasteiger partial charge is 0.497 e. The molecule has 0 unspecified atom stereocenters. The monoisotopic (exact) mass is 407 g/mol. The molecular weight excluding hydrogens is 386 g/mol. The summed E-state index contributed by atoms with van der Waals surface area (Å²) in [5, 5.41) is 0. The smallest absolute Gasteiger partial charge is 0.269 e. The zero-order chi connectivity index (χ0) is 21.3. The van der Waals surface area contributed by atoms with Crippen LogP contribution in [0.25, 0.3) is 0 Å². The maximum Gasteiger partial charge on any atom is 0.269 e. The molecule has 30 heavy (non-hydrogen) atoms. The van der Waals surface area contributed by atoms with Crippen molar-refractivity contribution in [3.05, 3.63) is 72.1 Å². The highest BCUT2D eigenvalue weighted by Gasteiger charge is 2.11. The Morgan fingerprint density at radius 1 is 0.933 bits per heavy atom. The molecule has 0 spiro atoms. The van der Waals surface area contributed by atoms with E-state index in [1.54, 1.807) is 31.4 Å². The van der Waals surface area contributed by atoms with Gasteiger partial charge in [-0.2, -0.15) is 0 Å². The van der Waals surface area contributed by atoms with E-state index in [-0.39, 0.29) is 35.6 Å². The lowest BCUT2D eigenvalue weighted by Crippen LogP contribution is -2.33. The minimum atomic E-state index is -0.388. The van der Waals surface area contributed by atoms with Crippen molar-refractivity contribution >= 4 is 29.1 Å². The summed E-state index contributed by atoms with van der Waals surface area (Å²) in [5.41, 5.74) is 17.8. The average Bonchev–Trinajstić information content (AvgIpc) is 2.78. The van der Waals surface area contributed by atoms with Crippen molar-refractivity contribution in [3.63, 3.8) is 0 Å². The van der Waals surface area contributed by atoms with Crippen LogP contribution < -0.4 is 32.2 Å². The van der Waals surface area contributed by atoms with Gasteiger partial charge in [0.2, 0.25) is 5.91 Å².